The number of halogens is 3. The summed E-state index contributed by atoms with van der Waals surface area (Å²) in [5.74, 6) is 0.884. The summed E-state index contributed by atoms with van der Waals surface area (Å²) < 4.78 is 0. The quantitative estimate of drug-likeness (QED) is 0.627. The molecular weight excluding hydrogens is 415 g/mol. The van der Waals surface area contributed by atoms with E-state index in [1.54, 1.807) is 0 Å². The maximum absolute atomic E-state index is 6.57. The summed E-state index contributed by atoms with van der Waals surface area (Å²) in [5.41, 5.74) is 11.5. The van der Waals surface area contributed by atoms with Crippen LogP contribution < -0.4 is 16.0 Å². The fourth-order valence-corrected chi connectivity index (χ4v) is 3.79. The summed E-state index contributed by atoms with van der Waals surface area (Å²) in [7, 11) is 0. The molecule has 0 saturated carbocycles. The van der Waals surface area contributed by atoms with Crippen LogP contribution in [0.25, 0.3) is 22.0 Å². The summed E-state index contributed by atoms with van der Waals surface area (Å²) in [4.78, 5) is 7.09. The highest BCUT2D eigenvalue weighted by Gasteiger charge is 2.16. The average Bonchev–Trinajstić information content (AvgIpc) is 2.68. The molecule has 0 amide bonds. The standard InChI is InChI=1S/C21H23ClN4.2ClH/c1-14-2-3-15(13-23)10-18(14)16-4-5-20-17(11-16)12-19(22)21(25-20)26-8-6-24-7-9-26;;/h2-5,10-12,24H,6-9,13,23H2,1H3;2*1H. The van der Waals surface area contributed by atoms with Gasteiger partial charge in [0.05, 0.1) is 10.5 Å². The first kappa shape index (κ1) is 22.7. The van der Waals surface area contributed by atoms with Gasteiger partial charge in [0.2, 0.25) is 0 Å². The predicted octanol–water partition coefficient (Wildman–Crippen LogP) is 4.58. The van der Waals surface area contributed by atoms with E-state index in [0.29, 0.717) is 11.6 Å². The largest absolute Gasteiger partial charge is 0.353 e. The second-order valence-corrected chi connectivity index (χ2v) is 7.20. The average molecular weight is 440 g/mol. The molecule has 1 aliphatic rings. The maximum Gasteiger partial charge on any atom is 0.148 e. The van der Waals surface area contributed by atoms with Gasteiger partial charge in [0, 0.05) is 38.1 Å². The van der Waals surface area contributed by atoms with Gasteiger partial charge >= 0.3 is 0 Å². The van der Waals surface area contributed by atoms with E-state index in [1.165, 1.54) is 11.1 Å². The molecule has 7 heteroatoms. The van der Waals surface area contributed by atoms with Crippen LogP contribution in [-0.2, 0) is 6.54 Å². The summed E-state index contributed by atoms with van der Waals surface area (Å²) in [5, 5.41) is 5.13. The number of fused-ring (bicyclic) bond motifs is 1. The fraction of sp³-hybridized carbons (Fsp3) is 0.286. The Bertz CT molecular complexity index is 956. The topological polar surface area (TPSA) is 54.2 Å². The van der Waals surface area contributed by atoms with E-state index in [9.17, 15) is 0 Å². The lowest BCUT2D eigenvalue weighted by atomic mass is 9.97. The number of aryl methyl sites for hydroxylation is 1. The van der Waals surface area contributed by atoms with Gasteiger partial charge in [0.25, 0.3) is 0 Å². The molecule has 4 nitrogen and oxygen atoms in total. The first-order chi connectivity index (χ1) is 12.7. The Morgan fingerprint density at radius 3 is 2.54 bits per heavy atom. The van der Waals surface area contributed by atoms with Crippen molar-refractivity contribution < 1.29 is 0 Å². The van der Waals surface area contributed by atoms with Crippen LogP contribution >= 0.6 is 36.4 Å². The minimum Gasteiger partial charge on any atom is -0.353 e. The molecule has 4 rings (SSSR count). The third-order valence-corrected chi connectivity index (χ3v) is 5.29. The van der Waals surface area contributed by atoms with Crippen molar-refractivity contribution in [1.29, 1.82) is 0 Å². The van der Waals surface area contributed by atoms with Crippen molar-refractivity contribution in [3.05, 3.63) is 58.6 Å². The van der Waals surface area contributed by atoms with E-state index < -0.39 is 0 Å². The van der Waals surface area contributed by atoms with Gasteiger partial charge in [0.15, 0.2) is 0 Å². The van der Waals surface area contributed by atoms with E-state index in [4.69, 9.17) is 22.3 Å². The van der Waals surface area contributed by atoms with Crippen molar-refractivity contribution in [2.45, 2.75) is 13.5 Å². The van der Waals surface area contributed by atoms with E-state index in [1.807, 2.05) is 6.07 Å². The van der Waals surface area contributed by atoms with Crippen LogP contribution in [0.4, 0.5) is 5.82 Å². The van der Waals surface area contributed by atoms with Crippen molar-refractivity contribution in [2.75, 3.05) is 31.1 Å². The van der Waals surface area contributed by atoms with Crippen LogP contribution in [0.15, 0.2) is 42.5 Å². The van der Waals surface area contributed by atoms with E-state index in [2.05, 4.69) is 53.5 Å². The highest BCUT2D eigenvalue weighted by molar-refractivity contribution is 6.33. The molecule has 1 aromatic heterocycles. The molecule has 1 fully saturated rings. The zero-order valence-electron chi connectivity index (χ0n) is 15.7. The zero-order valence-corrected chi connectivity index (χ0v) is 18.1. The summed E-state index contributed by atoms with van der Waals surface area (Å²) >= 11 is 6.57. The highest BCUT2D eigenvalue weighted by Crippen LogP contribution is 2.32. The van der Waals surface area contributed by atoms with Gasteiger partial charge < -0.3 is 16.0 Å². The number of anilines is 1. The number of rotatable bonds is 3. The van der Waals surface area contributed by atoms with Crippen LogP contribution in [0.3, 0.4) is 0 Å². The molecule has 1 aliphatic heterocycles. The van der Waals surface area contributed by atoms with Crippen LogP contribution in [-0.4, -0.2) is 31.2 Å². The fourth-order valence-electron chi connectivity index (χ4n) is 3.51. The highest BCUT2D eigenvalue weighted by atomic mass is 35.5. The molecule has 1 saturated heterocycles. The normalized spacial score (nSPS) is 13.8. The molecule has 0 atom stereocenters. The molecule has 2 aromatic carbocycles. The number of nitrogens with zero attached hydrogens (tertiary/aromatic N) is 2. The Balaban J connectivity index is 0.00000140. The van der Waals surface area contributed by atoms with Gasteiger partial charge in [-0.05, 0) is 53.4 Å². The Morgan fingerprint density at radius 2 is 1.82 bits per heavy atom. The van der Waals surface area contributed by atoms with Crippen molar-refractivity contribution >= 4 is 53.1 Å². The predicted molar refractivity (Wildman–Crippen MR) is 124 cm³/mol. The van der Waals surface area contributed by atoms with Gasteiger partial charge in [-0.3, -0.25) is 0 Å². The first-order valence-electron chi connectivity index (χ1n) is 9.01. The number of piperazine rings is 1. The summed E-state index contributed by atoms with van der Waals surface area (Å²) in [6, 6.07) is 14.8. The van der Waals surface area contributed by atoms with Gasteiger partial charge in [-0.2, -0.15) is 0 Å². The lowest BCUT2D eigenvalue weighted by Gasteiger charge is -2.29. The molecule has 3 aromatic rings. The number of pyridine rings is 1. The number of nitrogens with one attached hydrogen (secondary N) is 1. The van der Waals surface area contributed by atoms with E-state index in [0.717, 1.165) is 54.0 Å². The van der Waals surface area contributed by atoms with Gasteiger partial charge in [-0.25, -0.2) is 4.98 Å². The third-order valence-electron chi connectivity index (χ3n) is 5.01. The molecule has 3 N–H and O–H groups in total. The summed E-state index contributed by atoms with van der Waals surface area (Å²) in [6.07, 6.45) is 0. The molecule has 0 bridgehead atoms. The number of hydrogen-bond acceptors (Lipinski definition) is 4. The van der Waals surface area contributed by atoms with Crippen LogP contribution in [0, 0.1) is 6.92 Å². The number of aromatic nitrogens is 1. The summed E-state index contributed by atoms with van der Waals surface area (Å²) in [6.45, 7) is 6.46. The Kier molecular flexibility index (Phi) is 7.93. The maximum atomic E-state index is 6.57. The van der Waals surface area contributed by atoms with Crippen LogP contribution in [0.2, 0.25) is 5.02 Å². The van der Waals surface area contributed by atoms with Crippen LogP contribution in [0.5, 0.6) is 0 Å². The van der Waals surface area contributed by atoms with Crippen LogP contribution in [0.1, 0.15) is 11.1 Å². The smallest absolute Gasteiger partial charge is 0.148 e. The lowest BCUT2D eigenvalue weighted by molar-refractivity contribution is 0.585. The number of nitrogens with two attached hydrogens (primary N) is 1. The molecule has 0 aliphatic carbocycles. The van der Waals surface area contributed by atoms with E-state index >= 15 is 0 Å². The molecule has 2 heterocycles. The van der Waals surface area contributed by atoms with Crippen molar-refractivity contribution in [2.24, 2.45) is 5.73 Å². The monoisotopic (exact) mass is 438 g/mol. The SMILES string of the molecule is Cc1ccc(CN)cc1-c1ccc2nc(N3CCNCC3)c(Cl)cc2c1.Cl.Cl. The Labute approximate surface area is 183 Å². The zero-order chi connectivity index (χ0) is 18.1. The molecule has 0 spiro atoms. The minimum atomic E-state index is 0. The molecular formula is C21H25Cl3N4. The molecule has 28 heavy (non-hydrogen) atoms. The van der Waals surface area contributed by atoms with E-state index in [-0.39, 0.29) is 24.8 Å². The minimum absolute atomic E-state index is 0. The number of benzene rings is 2. The first-order valence-corrected chi connectivity index (χ1v) is 9.39. The second-order valence-electron chi connectivity index (χ2n) is 6.79. The van der Waals surface area contributed by atoms with Gasteiger partial charge in [0.1, 0.15) is 5.82 Å². The molecule has 0 radical (unpaired) electrons. The van der Waals surface area contributed by atoms with Crippen molar-refractivity contribution in [3.8, 4) is 11.1 Å². The third kappa shape index (κ3) is 4.53. The Morgan fingerprint density at radius 1 is 1.07 bits per heavy atom. The van der Waals surface area contributed by atoms with Gasteiger partial charge in [-0.15, -0.1) is 24.8 Å². The second kappa shape index (κ2) is 9.77. The molecule has 0 unspecified atom stereocenters. The van der Waals surface area contributed by atoms with Gasteiger partial charge in [-0.1, -0.05) is 29.8 Å². The number of hydrogen-bond donors (Lipinski definition) is 2. The lowest BCUT2D eigenvalue weighted by Crippen LogP contribution is -2.44. The molecule has 150 valence electrons. The van der Waals surface area contributed by atoms with Crippen molar-refractivity contribution in [3.63, 3.8) is 0 Å². The van der Waals surface area contributed by atoms with Crippen molar-refractivity contribution in [1.82, 2.24) is 10.3 Å². The Hall–Kier alpha value is -1.56.